The van der Waals surface area contributed by atoms with Gasteiger partial charge in [-0.3, -0.25) is 4.57 Å². The van der Waals surface area contributed by atoms with Crippen LogP contribution >= 0.6 is 0 Å². The number of benzene rings is 2. The van der Waals surface area contributed by atoms with Gasteiger partial charge in [-0.05, 0) is 42.0 Å². The number of nitrogens with zero attached hydrogens (tertiary/aromatic N) is 1. The first kappa shape index (κ1) is 13.2. The van der Waals surface area contributed by atoms with Crippen molar-refractivity contribution in [1.82, 2.24) is 9.55 Å². The summed E-state index contributed by atoms with van der Waals surface area (Å²) >= 11 is 0. The van der Waals surface area contributed by atoms with Crippen molar-refractivity contribution < 1.29 is 4.39 Å². The van der Waals surface area contributed by atoms with Gasteiger partial charge in [-0.25, -0.2) is 9.18 Å². The van der Waals surface area contributed by atoms with Gasteiger partial charge in [-0.15, -0.1) is 0 Å². The molecule has 1 heterocycles. The normalized spacial score (nSPS) is 10.5. The third-order valence-corrected chi connectivity index (χ3v) is 3.18. The predicted molar refractivity (Wildman–Crippen MR) is 80.1 cm³/mol. The molecule has 1 aromatic heterocycles. The molecule has 3 rings (SSSR count). The minimum absolute atomic E-state index is 0.171. The molecule has 0 aliphatic heterocycles. The minimum Gasteiger partial charge on any atom is -0.381 e. The summed E-state index contributed by atoms with van der Waals surface area (Å²) in [5, 5.41) is 3.21. The van der Waals surface area contributed by atoms with Crippen LogP contribution in [-0.4, -0.2) is 9.55 Å². The number of hydrogen-bond donors (Lipinski definition) is 2. The molecule has 4 nitrogen and oxygen atoms in total. The van der Waals surface area contributed by atoms with Crippen molar-refractivity contribution in [1.29, 1.82) is 0 Å². The lowest BCUT2D eigenvalue weighted by Crippen LogP contribution is -2.13. The maximum atomic E-state index is 13.1. The van der Waals surface area contributed by atoms with Gasteiger partial charge in [-0.2, -0.15) is 0 Å². The Hall–Kier alpha value is -2.82. The topological polar surface area (TPSA) is 49.8 Å². The van der Waals surface area contributed by atoms with Gasteiger partial charge >= 0.3 is 5.69 Å². The Bertz CT molecular complexity index is 790. The SMILES string of the molecule is O=c1[nH]ccn1-c1ccc(NCc2cccc(F)c2)cc1. The fourth-order valence-electron chi connectivity index (χ4n) is 2.11. The van der Waals surface area contributed by atoms with E-state index in [0.717, 1.165) is 16.9 Å². The Labute approximate surface area is 120 Å². The molecule has 3 aromatic rings. The predicted octanol–water partition coefficient (Wildman–Crippen LogP) is 2.92. The summed E-state index contributed by atoms with van der Waals surface area (Å²) in [5.74, 6) is -0.239. The van der Waals surface area contributed by atoms with Crippen molar-refractivity contribution in [2.45, 2.75) is 6.54 Å². The van der Waals surface area contributed by atoms with E-state index in [1.807, 2.05) is 30.3 Å². The van der Waals surface area contributed by atoms with Crippen molar-refractivity contribution in [3.05, 3.63) is 82.8 Å². The number of imidazole rings is 1. The first-order chi connectivity index (χ1) is 10.2. The fourth-order valence-corrected chi connectivity index (χ4v) is 2.11. The van der Waals surface area contributed by atoms with Gasteiger partial charge in [0.25, 0.3) is 0 Å². The fraction of sp³-hybridized carbons (Fsp3) is 0.0625. The largest absolute Gasteiger partial charge is 0.381 e. The van der Waals surface area contributed by atoms with E-state index in [1.165, 1.54) is 16.7 Å². The molecule has 2 N–H and O–H groups in total. The second kappa shape index (κ2) is 5.66. The first-order valence-corrected chi connectivity index (χ1v) is 6.57. The van der Waals surface area contributed by atoms with E-state index in [9.17, 15) is 9.18 Å². The van der Waals surface area contributed by atoms with E-state index in [-0.39, 0.29) is 11.5 Å². The van der Waals surface area contributed by atoms with Gasteiger partial charge in [0.05, 0.1) is 5.69 Å². The third kappa shape index (κ3) is 3.02. The van der Waals surface area contributed by atoms with Crippen LogP contribution in [0, 0.1) is 5.82 Å². The highest BCUT2D eigenvalue weighted by Crippen LogP contribution is 2.13. The Morgan fingerprint density at radius 3 is 2.62 bits per heavy atom. The summed E-state index contributed by atoms with van der Waals surface area (Å²) in [6, 6.07) is 13.9. The Morgan fingerprint density at radius 1 is 1.14 bits per heavy atom. The first-order valence-electron chi connectivity index (χ1n) is 6.57. The summed E-state index contributed by atoms with van der Waals surface area (Å²) in [5.41, 5.74) is 2.40. The van der Waals surface area contributed by atoms with Crippen molar-refractivity contribution >= 4 is 5.69 Å². The number of anilines is 1. The maximum Gasteiger partial charge on any atom is 0.330 e. The van der Waals surface area contributed by atoms with Crippen LogP contribution in [0.2, 0.25) is 0 Å². The number of hydrogen-bond acceptors (Lipinski definition) is 2. The van der Waals surface area contributed by atoms with Gasteiger partial charge < -0.3 is 10.3 Å². The average molecular weight is 283 g/mol. The average Bonchev–Trinajstić information content (AvgIpc) is 2.92. The molecular weight excluding hydrogens is 269 g/mol. The highest BCUT2D eigenvalue weighted by Gasteiger charge is 2.00. The molecule has 0 unspecified atom stereocenters. The standard InChI is InChI=1S/C16H14FN3O/c17-13-3-1-2-12(10-13)11-19-14-4-6-15(7-5-14)20-9-8-18-16(20)21/h1-10,19H,11H2,(H,18,21). The zero-order valence-electron chi connectivity index (χ0n) is 11.2. The molecule has 0 radical (unpaired) electrons. The molecule has 0 aliphatic carbocycles. The second-order valence-corrected chi connectivity index (χ2v) is 4.67. The number of nitrogens with one attached hydrogen (secondary N) is 2. The molecule has 5 heteroatoms. The van der Waals surface area contributed by atoms with Crippen molar-refractivity contribution in [3.8, 4) is 5.69 Å². The Morgan fingerprint density at radius 2 is 1.95 bits per heavy atom. The molecule has 0 amide bonds. The van der Waals surface area contributed by atoms with Gasteiger partial charge in [0.2, 0.25) is 0 Å². The van der Waals surface area contributed by atoms with Crippen LogP contribution in [0.15, 0.2) is 65.7 Å². The zero-order chi connectivity index (χ0) is 14.7. The highest BCUT2D eigenvalue weighted by atomic mass is 19.1. The third-order valence-electron chi connectivity index (χ3n) is 3.18. The summed E-state index contributed by atoms with van der Waals surface area (Å²) in [7, 11) is 0. The van der Waals surface area contributed by atoms with Crippen molar-refractivity contribution in [3.63, 3.8) is 0 Å². The molecule has 0 fully saturated rings. The van der Waals surface area contributed by atoms with E-state index >= 15 is 0 Å². The summed E-state index contributed by atoms with van der Waals surface area (Å²) in [4.78, 5) is 14.1. The molecule has 21 heavy (non-hydrogen) atoms. The van der Waals surface area contributed by atoms with Gasteiger partial charge in [0, 0.05) is 24.6 Å². The Kier molecular flexibility index (Phi) is 3.55. The second-order valence-electron chi connectivity index (χ2n) is 4.67. The van der Waals surface area contributed by atoms with Crippen LogP contribution in [0.25, 0.3) is 5.69 Å². The zero-order valence-corrected chi connectivity index (χ0v) is 11.2. The molecule has 0 saturated carbocycles. The lowest BCUT2D eigenvalue weighted by Gasteiger charge is -2.08. The number of halogens is 1. The molecule has 0 atom stereocenters. The van der Waals surface area contributed by atoms with Crippen LogP contribution < -0.4 is 11.0 Å². The molecule has 106 valence electrons. The summed E-state index contributed by atoms with van der Waals surface area (Å²) in [6.45, 7) is 0.543. The molecule has 0 aliphatic rings. The van der Waals surface area contributed by atoms with E-state index in [1.54, 1.807) is 18.5 Å². The van der Waals surface area contributed by atoms with E-state index < -0.39 is 0 Å². The molecule has 2 aromatic carbocycles. The number of rotatable bonds is 4. The van der Waals surface area contributed by atoms with Gasteiger partial charge in [-0.1, -0.05) is 12.1 Å². The van der Waals surface area contributed by atoms with E-state index in [2.05, 4.69) is 10.3 Å². The summed E-state index contributed by atoms with van der Waals surface area (Å²) < 4.78 is 14.6. The van der Waals surface area contributed by atoms with Gasteiger partial charge in [0.1, 0.15) is 5.82 Å². The highest BCUT2D eigenvalue weighted by molar-refractivity contribution is 5.49. The summed E-state index contributed by atoms with van der Waals surface area (Å²) in [6.07, 6.45) is 3.27. The lowest BCUT2D eigenvalue weighted by molar-refractivity contribution is 0.626. The molecule has 0 spiro atoms. The number of aromatic amines is 1. The number of H-pyrrole nitrogens is 1. The minimum atomic E-state index is -0.239. The quantitative estimate of drug-likeness (QED) is 0.773. The molecule has 0 bridgehead atoms. The van der Waals surface area contributed by atoms with Crippen molar-refractivity contribution in [2.75, 3.05) is 5.32 Å². The van der Waals surface area contributed by atoms with Gasteiger partial charge in [0.15, 0.2) is 0 Å². The monoisotopic (exact) mass is 283 g/mol. The van der Waals surface area contributed by atoms with Crippen LogP contribution in [0.5, 0.6) is 0 Å². The maximum absolute atomic E-state index is 13.1. The molecular formula is C16H14FN3O. The van der Waals surface area contributed by atoms with Crippen molar-refractivity contribution in [2.24, 2.45) is 0 Å². The van der Waals surface area contributed by atoms with Crippen LogP contribution in [0.4, 0.5) is 10.1 Å². The van der Waals surface area contributed by atoms with E-state index in [0.29, 0.717) is 6.54 Å². The van der Waals surface area contributed by atoms with Crippen LogP contribution in [0.3, 0.4) is 0 Å². The lowest BCUT2D eigenvalue weighted by atomic mass is 10.2. The van der Waals surface area contributed by atoms with E-state index in [4.69, 9.17) is 0 Å². The number of aromatic nitrogens is 2. The smallest absolute Gasteiger partial charge is 0.330 e. The van der Waals surface area contributed by atoms with Crippen LogP contribution in [0.1, 0.15) is 5.56 Å². The van der Waals surface area contributed by atoms with Crippen LogP contribution in [-0.2, 0) is 6.54 Å². The Balaban J connectivity index is 1.70. The molecule has 0 saturated heterocycles.